The SMILES string of the molecule is C=CC(=O)N1CCC(C=C)C1.CN=C(c1ccc(Oc2ccnc(C(=O)NC)c2)cc1F)c1c(C)ncnc1N.[HH]. The first-order valence-electron chi connectivity index (χ1n) is 12.5. The zero-order valence-electron chi connectivity index (χ0n) is 22.7. The second-order valence-corrected chi connectivity index (χ2v) is 8.76. The van der Waals surface area contributed by atoms with E-state index in [1.807, 2.05) is 6.08 Å². The number of nitrogens with two attached hydrogens (primary N) is 1. The Kier molecular flexibility index (Phi) is 10.2. The third-order valence-electron chi connectivity index (χ3n) is 6.19. The van der Waals surface area contributed by atoms with Crippen LogP contribution in [0.2, 0.25) is 0 Å². The number of aliphatic imine (C=N–C) groups is 1. The smallest absolute Gasteiger partial charge is 0.269 e. The van der Waals surface area contributed by atoms with Gasteiger partial charge in [0, 0.05) is 52.5 Å². The Bertz CT molecular complexity index is 1430. The Morgan fingerprint density at radius 1 is 1.23 bits per heavy atom. The number of nitrogens with zero attached hydrogens (tertiary/aromatic N) is 5. The van der Waals surface area contributed by atoms with Gasteiger partial charge in [0.25, 0.3) is 5.91 Å². The van der Waals surface area contributed by atoms with Gasteiger partial charge in [-0.3, -0.25) is 19.6 Å². The first kappa shape index (κ1) is 29.6. The molecule has 11 heteroatoms. The fourth-order valence-corrected chi connectivity index (χ4v) is 4.08. The van der Waals surface area contributed by atoms with Crippen molar-refractivity contribution in [1.82, 2.24) is 25.2 Å². The lowest BCUT2D eigenvalue weighted by Gasteiger charge is -2.13. The van der Waals surface area contributed by atoms with Crippen molar-refractivity contribution in [3.05, 3.63) is 96.5 Å². The molecule has 0 bridgehead atoms. The maximum atomic E-state index is 14.9. The van der Waals surface area contributed by atoms with Gasteiger partial charge in [0.2, 0.25) is 5.91 Å². The Hall–Kier alpha value is -4.93. The molecule has 1 unspecified atom stereocenters. The van der Waals surface area contributed by atoms with Crippen LogP contribution in [0.15, 0.2) is 73.2 Å². The summed E-state index contributed by atoms with van der Waals surface area (Å²) in [6.07, 6.45) is 7.11. The molecule has 0 radical (unpaired) electrons. The molecule has 1 aromatic carbocycles. The predicted octanol–water partition coefficient (Wildman–Crippen LogP) is 3.97. The van der Waals surface area contributed by atoms with Crippen LogP contribution in [-0.2, 0) is 4.79 Å². The second-order valence-electron chi connectivity index (χ2n) is 8.76. The maximum Gasteiger partial charge on any atom is 0.269 e. The largest absolute Gasteiger partial charge is 0.457 e. The van der Waals surface area contributed by atoms with Crippen LogP contribution in [0.4, 0.5) is 10.2 Å². The summed E-state index contributed by atoms with van der Waals surface area (Å²) >= 11 is 0. The average molecular weight is 548 g/mol. The molecular formula is C29H34FN7O3. The summed E-state index contributed by atoms with van der Waals surface area (Å²) in [6.45, 7) is 10.6. The number of carbonyl (C=O) groups is 2. The highest BCUT2D eigenvalue weighted by molar-refractivity contribution is 6.16. The van der Waals surface area contributed by atoms with E-state index in [4.69, 9.17) is 10.5 Å². The molecular weight excluding hydrogens is 513 g/mol. The van der Waals surface area contributed by atoms with Gasteiger partial charge in [0.15, 0.2) is 0 Å². The Balaban J connectivity index is 0.000000413. The van der Waals surface area contributed by atoms with Crippen molar-refractivity contribution in [2.45, 2.75) is 13.3 Å². The number of hydrogen-bond acceptors (Lipinski definition) is 8. The summed E-state index contributed by atoms with van der Waals surface area (Å²) in [5, 5.41) is 2.48. The number of amides is 2. The summed E-state index contributed by atoms with van der Waals surface area (Å²) < 4.78 is 20.5. The highest BCUT2D eigenvalue weighted by Gasteiger charge is 2.22. The van der Waals surface area contributed by atoms with Crippen LogP contribution >= 0.6 is 0 Å². The summed E-state index contributed by atoms with van der Waals surface area (Å²) in [5.41, 5.74) is 7.80. The van der Waals surface area contributed by atoms with Gasteiger partial charge in [-0.25, -0.2) is 14.4 Å². The number of carbonyl (C=O) groups excluding carboxylic acids is 2. The van der Waals surface area contributed by atoms with Gasteiger partial charge in [-0.2, -0.15) is 0 Å². The molecule has 3 heterocycles. The van der Waals surface area contributed by atoms with Crippen LogP contribution in [0.1, 0.15) is 35.2 Å². The summed E-state index contributed by atoms with van der Waals surface area (Å²) in [5.74, 6) is 0.450. The van der Waals surface area contributed by atoms with Crippen molar-refractivity contribution in [2.24, 2.45) is 10.9 Å². The summed E-state index contributed by atoms with van der Waals surface area (Å²) in [6, 6.07) is 7.41. The van der Waals surface area contributed by atoms with Crippen molar-refractivity contribution in [3.8, 4) is 11.5 Å². The standard InChI is InChI=1S/C20H19FN6O2.C9H13NO.H2/c1-11-17(19(22)27-10-26-11)18(23-2)14-5-4-12(8-15(14)21)29-13-6-7-25-16(9-13)20(28)24-3;1-3-8-5-6-10(7-8)9(11)4-2;/h4-10H,1-3H3,(H,24,28)(H2,22,26,27);3-4,8H,1-2,5-7H2;1H. The molecule has 2 amide bonds. The molecule has 10 nitrogen and oxygen atoms in total. The first-order valence-corrected chi connectivity index (χ1v) is 12.5. The molecule has 1 atom stereocenters. The van der Waals surface area contributed by atoms with Crippen molar-refractivity contribution in [2.75, 3.05) is 32.9 Å². The Labute approximate surface area is 234 Å². The van der Waals surface area contributed by atoms with Crippen LogP contribution in [0.3, 0.4) is 0 Å². The summed E-state index contributed by atoms with van der Waals surface area (Å²) in [7, 11) is 3.05. The van der Waals surface area contributed by atoms with Gasteiger partial charge < -0.3 is 20.7 Å². The number of aryl methyl sites for hydroxylation is 1. The Morgan fingerprint density at radius 2 is 1.98 bits per heavy atom. The maximum absolute atomic E-state index is 14.9. The van der Waals surface area contributed by atoms with Gasteiger partial charge in [-0.15, -0.1) is 6.58 Å². The lowest BCUT2D eigenvalue weighted by Crippen LogP contribution is -2.26. The minimum absolute atomic E-state index is 0. The lowest BCUT2D eigenvalue weighted by molar-refractivity contribution is -0.125. The minimum Gasteiger partial charge on any atom is -0.457 e. The number of likely N-dealkylation sites (tertiary alicyclic amines) is 1. The summed E-state index contributed by atoms with van der Waals surface area (Å²) in [4.78, 5) is 40.8. The molecule has 0 saturated carbocycles. The zero-order valence-corrected chi connectivity index (χ0v) is 22.7. The van der Waals surface area contributed by atoms with E-state index < -0.39 is 5.82 Å². The number of nitrogens with one attached hydrogen (secondary N) is 1. The number of pyridine rings is 1. The molecule has 3 N–H and O–H groups in total. The molecule has 1 saturated heterocycles. The molecule has 0 spiro atoms. The van der Waals surface area contributed by atoms with E-state index in [1.54, 1.807) is 37.1 Å². The number of nitrogen functional groups attached to an aromatic ring is 1. The molecule has 210 valence electrons. The normalized spacial score (nSPS) is 14.6. The molecule has 2 aromatic heterocycles. The quantitative estimate of drug-likeness (QED) is 0.259. The number of anilines is 1. The Morgan fingerprint density at radius 3 is 2.58 bits per heavy atom. The molecule has 1 fully saturated rings. The third-order valence-corrected chi connectivity index (χ3v) is 6.19. The average Bonchev–Trinajstić information content (AvgIpc) is 3.45. The molecule has 4 rings (SSSR count). The molecule has 40 heavy (non-hydrogen) atoms. The van der Waals surface area contributed by atoms with E-state index in [0.717, 1.165) is 19.5 Å². The minimum atomic E-state index is -0.550. The number of hydrogen-bond donors (Lipinski definition) is 2. The number of aromatic nitrogens is 3. The van der Waals surface area contributed by atoms with Crippen LogP contribution in [0.5, 0.6) is 11.5 Å². The number of rotatable bonds is 7. The predicted molar refractivity (Wildman–Crippen MR) is 154 cm³/mol. The van der Waals surface area contributed by atoms with Crippen molar-refractivity contribution < 1.29 is 20.1 Å². The zero-order chi connectivity index (χ0) is 29.2. The fourth-order valence-electron chi connectivity index (χ4n) is 4.08. The van der Waals surface area contributed by atoms with Crippen LogP contribution in [-0.4, -0.2) is 64.6 Å². The van der Waals surface area contributed by atoms with Gasteiger partial charge in [-0.05, 0) is 43.5 Å². The van der Waals surface area contributed by atoms with Crippen LogP contribution in [0, 0.1) is 18.7 Å². The molecule has 1 aliphatic rings. The third kappa shape index (κ3) is 7.13. The van der Waals surface area contributed by atoms with Crippen LogP contribution < -0.4 is 15.8 Å². The lowest BCUT2D eigenvalue weighted by atomic mass is 10.0. The van der Waals surface area contributed by atoms with Crippen molar-refractivity contribution in [1.29, 1.82) is 0 Å². The van der Waals surface area contributed by atoms with Crippen molar-refractivity contribution >= 4 is 23.3 Å². The first-order chi connectivity index (χ1) is 19.2. The van der Waals surface area contributed by atoms with E-state index in [2.05, 4.69) is 38.4 Å². The molecule has 3 aromatic rings. The van der Waals surface area contributed by atoms with Gasteiger partial charge in [-0.1, -0.05) is 12.7 Å². The van der Waals surface area contributed by atoms with E-state index in [9.17, 15) is 14.0 Å². The van der Waals surface area contributed by atoms with E-state index in [0.29, 0.717) is 28.6 Å². The van der Waals surface area contributed by atoms with Gasteiger partial charge in [0.05, 0.1) is 17.0 Å². The highest BCUT2D eigenvalue weighted by atomic mass is 19.1. The molecule has 0 aliphatic carbocycles. The number of halogens is 1. The highest BCUT2D eigenvalue weighted by Crippen LogP contribution is 2.26. The van der Waals surface area contributed by atoms with E-state index in [1.165, 1.54) is 37.8 Å². The number of benzene rings is 1. The van der Waals surface area contributed by atoms with Crippen LogP contribution in [0.25, 0.3) is 0 Å². The van der Waals surface area contributed by atoms with Gasteiger partial charge in [0.1, 0.15) is 35.2 Å². The topological polar surface area (TPSA) is 136 Å². The number of ether oxygens (including phenoxy) is 1. The molecule has 1 aliphatic heterocycles. The van der Waals surface area contributed by atoms with Gasteiger partial charge >= 0.3 is 0 Å². The fraction of sp³-hybridized carbons (Fsp3) is 0.241. The monoisotopic (exact) mass is 547 g/mol. The van der Waals surface area contributed by atoms with E-state index >= 15 is 0 Å². The second kappa shape index (κ2) is 13.7. The van der Waals surface area contributed by atoms with Crippen molar-refractivity contribution in [3.63, 3.8) is 0 Å². The van der Waals surface area contributed by atoms with E-state index in [-0.39, 0.29) is 36.1 Å².